The number of hydrogen-bond acceptors (Lipinski definition) is 3. The van der Waals surface area contributed by atoms with Gasteiger partial charge >= 0.3 is 6.18 Å². The molecule has 1 saturated heterocycles. The van der Waals surface area contributed by atoms with Crippen LogP contribution >= 0.6 is 12.4 Å². The molecule has 0 saturated carbocycles. The van der Waals surface area contributed by atoms with Crippen molar-refractivity contribution in [2.75, 3.05) is 13.1 Å². The van der Waals surface area contributed by atoms with Crippen molar-refractivity contribution in [2.24, 2.45) is 5.73 Å². The number of nitrogens with zero attached hydrogens (tertiary/aromatic N) is 2. The van der Waals surface area contributed by atoms with Crippen molar-refractivity contribution in [1.82, 2.24) is 15.1 Å². The van der Waals surface area contributed by atoms with Crippen LogP contribution < -0.4 is 5.73 Å². The lowest BCUT2D eigenvalue weighted by Gasteiger charge is -2.21. The Morgan fingerprint density at radius 2 is 2.22 bits per heavy atom. The highest BCUT2D eigenvalue weighted by Gasteiger charge is 2.34. The zero-order chi connectivity index (χ0) is 12.5. The molecule has 8 heteroatoms. The zero-order valence-corrected chi connectivity index (χ0v) is 10.5. The molecule has 1 aliphatic rings. The third-order valence-corrected chi connectivity index (χ3v) is 3.07. The van der Waals surface area contributed by atoms with E-state index in [4.69, 9.17) is 5.73 Å². The maximum absolute atomic E-state index is 12.3. The van der Waals surface area contributed by atoms with E-state index >= 15 is 0 Å². The minimum atomic E-state index is -4.38. The van der Waals surface area contributed by atoms with E-state index in [9.17, 15) is 13.2 Å². The summed E-state index contributed by atoms with van der Waals surface area (Å²) in [6.07, 6.45) is -2.33. The van der Waals surface area contributed by atoms with Crippen LogP contribution in [0.15, 0.2) is 6.07 Å². The minimum Gasteiger partial charge on any atom is -0.329 e. The van der Waals surface area contributed by atoms with E-state index in [1.165, 1.54) is 0 Å². The molecule has 1 aliphatic heterocycles. The summed E-state index contributed by atoms with van der Waals surface area (Å²) in [6.45, 7) is 1.87. The maximum Gasteiger partial charge on any atom is 0.435 e. The van der Waals surface area contributed by atoms with Crippen LogP contribution in [0.4, 0.5) is 13.2 Å². The Hall–Kier alpha value is -0.790. The predicted octanol–water partition coefficient (Wildman–Crippen LogP) is 1.77. The number of nitrogens with two attached hydrogens (primary N) is 1. The van der Waals surface area contributed by atoms with Gasteiger partial charge in [-0.05, 0) is 25.5 Å². The fraction of sp³-hybridized carbons (Fsp3) is 0.700. The minimum absolute atomic E-state index is 0. The van der Waals surface area contributed by atoms with Gasteiger partial charge in [0.15, 0.2) is 5.69 Å². The second kappa shape index (κ2) is 5.90. The van der Waals surface area contributed by atoms with E-state index in [1.54, 1.807) is 0 Å². The number of rotatable bonds is 3. The zero-order valence-electron chi connectivity index (χ0n) is 9.70. The van der Waals surface area contributed by atoms with Gasteiger partial charge in [-0.3, -0.25) is 10.00 Å². The molecule has 1 aromatic heterocycles. The second-order valence-electron chi connectivity index (χ2n) is 4.28. The Morgan fingerprint density at radius 1 is 1.50 bits per heavy atom. The lowest BCUT2D eigenvalue weighted by molar-refractivity contribution is -0.141. The number of aromatic amines is 1. The van der Waals surface area contributed by atoms with Crippen molar-refractivity contribution < 1.29 is 13.2 Å². The molecule has 4 nitrogen and oxygen atoms in total. The molecule has 2 rings (SSSR count). The lowest BCUT2D eigenvalue weighted by atomic mass is 10.2. The highest BCUT2D eigenvalue weighted by molar-refractivity contribution is 5.85. The van der Waals surface area contributed by atoms with Gasteiger partial charge in [-0.1, -0.05) is 0 Å². The molecule has 0 radical (unpaired) electrons. The van der Waals surface area contributed by atoms with Gasteiger partial charge in [0.1, 0.15) is 0 Å². The number of H-pyrrole nitrogens is 1. The molecule has 2 heterocycles. The van der Waals surface area contributed by atoms with Gasteiger partial charge in [-0.15, -0.1) is 12.4 Å². The van der Waals surface area contributed by atoms with Crippen molar-refractivity contribution in [3.8, 4) is 0 Å². The number of alkyl halides is 3. The highest BCUT2D eigenvalue weighted by atomic mass is 35.5. The highest BCUT2D eigenvalue weighted by Crippen LogP contribution is 2.28. The van der Waals surface area contributed by atoms with Gasteiger partial charge in [-0.2, -0.15) is 18.3 Å². The third kappa shape index (κ3) is 3.37. The summed E-state index contributed by atoms with van der Waals surface area (Å²) in [5, 5.41) is 5.70. The molecular formula is C10H16ClF3N4. The third-order valence-electron chi connectivity index (χ3n) is 3.07. The Balaban J connectivity index is 0.00000162. The van der Waals surface area contributed by atoms with E-state index in [1.807, 2.05) is 0 Å². The van der Waals surface area contributed by atoms with Crippen LogP contribution in [-0.4, -0.2) is 34.2 Å². The van der Waals surface area contributed by atoms with Crippen molar-refractivity contribution >= 4 is 12.4 Å². The average Bonchev–Trinajstić information content (AvgIpc) is 2.86. The van der Waals surface area contributed by atoms with Crippen molar-refractivity contribution in [3.05, 3.63) is 17.5 Å². The molecule has 0 aromatic carbocycles. The summed E-state index contributed by atoms with van der Waals surface area (Å²) in [7, 11) is 0. The first-order valence-corrected chi connectivity index (χ1v) is 5.56. The van der Waals surface area contributed by atoms with Crippen molar-refractivity contribution in [1.29, 1.82) is 0 Å². The van der Waals surface area contributed by atoms with E-state index in [0.717, 1.165) is 25.5 Å². The molecule has 1 fully saturated rings. The quantitative estimate of drug-likeness (QED) is 0.889. The first-order chi connectivity index (χ1) is 8.00. The monoisotopic (exact) mass is 284 g/mol. The fourth-order valence-corrected chi connectivity index (χ4v) is 2.18. The van der Waals surface area contributed by atoms with Crippen LogP contribution in [0, 0.1) is 0 Å². The van der Waals surface area contributed by atoms with E-state index in [2.05, 4.69) is 15.1 Å². The largest absolute Gasteiger partial charge is 0.435 e. The molecule has 3 N–H and O–H groups in total. The standard InChI is InChI=1S/C10H15F3N4.ClH/c11-10(12,13)9-4-7(15-16-9)6-17-3-1-2-8(17)5-14;/h4,8H,1-3,5-6,14H2,(H,15,16);1H. The van der Waals surface area contributed by atoms with Gasteiger partial charge in [0, 0.05) is 24.8 Å². The lowest BCUT2D eigenvalue weighted by Crippen LogP contribution is -2.34. The molecule has 0 aliphatic carbocycles. The molecule has 0 spiro atoms. The van der Waals surface area contributed by atoms with Gasteiger partial charge in [0.05, 0.1) is 0 Å². The van der Waals surface area contributed by atoms with Gasteiger partial charge in [0.2, 0.25) is 0 Å². The number of halogens is 4. The predicted molar refractivity (Wildman–Crippen MR) is 63.3 cm³/mol. The summed E-state index contributed by atoms with van der Waals surface area (Å²) in [5.74, 6) is 0. The SMILES string of the molecule is Cl.NCC1CCCN1Cc1cc(C(F)(F)F)n[nH]1. The summed E-state index contributed by atoms with van der Waals surface area (Å²) < 4.78 is 37.0. The Bertz CT molecular complexity index is 379. The molecular weight excluding hydrogens is 269 g/mol. The van der Waals surface area contributed by atoms with Crippen molar-refractivity contribution in [2.45, 2.75) is 31.6 Å². The number of likely N-dealkylation sites (tertiary alicyclic amines) is 1. The van der Waals surface area contributed by atoms with Crippen LogP contribution in [0.3, 0.4) is 0 Å². The average molecular weight is 285 g/mol. The molecule has 1 aromatic rings. The smallest absolute Gasteiger partial charge is 0.329 e. The Morgan fingerprint density at radius 3 is 2.78 bits per heavy atom. The van der Waals surface area contributed by atoms with Crippen LogP contribution in [0.1, 0.15) is 24.2 Å². The van der Waals surface area contributed by atoms with E-state index in [-0.39, 0.29) is 18.4 Å². The first kappa shape index (κ1) is 15.3. The molecule has 18 heavy (non-hydrogen) atoms. The number of nitrogens with one attached hydrogen (secondary N) is 1. The molecule has 0 bridgehead atoms. The fourth-order valence-electron chi connectivity index (χ4n) is 2.18. The number of hydrogen-bond donors (Lipinski definition) is 2. The summed E-state index contributed by atoms with van der Waals surface area (Å²) in [4.78, 5) is 2.09. The van der Waals surface area contributed by atoms with Gasteiger partial charge < -0.3 is 5.73 Å². The van der Waals surface area contributed by atoms with Crippen LogP contribution in [-0.2, 0) is 12.7 Å². The van der Waals surface area contributed by atoms with Crippen LogP contribution in [0.25, 0.3) is 0 Å². The summed E-state index contributed by atoms with van der Waals surface area (Å²) in [5.41, 5.74) is 5.22. The Labute approximate surface area is 109 Å². The van der Waals surface area contributed by atoms with Gasteiger partial charge in [-0.25, -0.2) is 0 Å². The van der Waals surface area contributed by atoms with Crippen LogP contribution in [0.5, 0.6) is 0 Å². The topological polar surface area (TPSA) is 57.9 Å². The normalized spacial score (nSPS) is 21.0. The second-order valence-corrected chi connectivity index (χ2v) is 4.28. The van der Waals surface area contributed by atoms with E-state index in [0.29, 0.717) is 18.8 Å². The molecule has 0 amide bonds. The summed E-state index contributed by atoms with van der Waals surface area (Å²) >= 11 is 0. The van der Waals surface area contributed by atoms with Crippen molar-refractivity contribution in [3.63, 3.8) is 0 Å². The molecule has 1 unspecified atom stereocenters. The number of aromatic nitrogens is 2. The Kier molecular flexibility index (Phi) is 5.01. The van der Waals surface area contributed by atoms with Crippen LogP contribution in [0.2, 0.25) is 0 Å². The summed E-state index contributed by atoms with van der Waals surface area (Å²) in [6, 6.07) is 1.33. The van der Waals surface area contributed by atoms with Gasteiger partial charge in [0.25, 0.3) is 0 Å². The van der Waals surface area contributed by atoms with E-state index < -0.39 is 11.9 Å². The first-order valence-electron chi connectivity index (χ1n) is 5.56. The molecule has 1 atom stereocenters. The molecule has 104 valence electrons. The maximum atomic E-state index is 12.3.